The van der Waals surface area contributed by atoms with Crippen molar-refractivity contribution in [3.63, 3.8) is 0 Å². The summed E-state index contributed by atoms with van der Waals surface area (Å²) in [5.74, 6) is -0.00822. The number of hydrogen-bond donors (Lipinski definition) is 5. The number of anilines is 1. The van der Waals surface area contributed by atoms with Gasteiger partial charge in [-0.05, 0) is 62.2 Å². The van der Waals surface area contributed by atoms with Gasteiger partial charge in [0.2, 0.25) is 0 Å². The zero-order chi connectivity index (χ0) is 31.3. The van der Waals surface area contributed by atoms with Crippen LogP contribution in [0.5, 0.6) is 0 Å². The summed E-state index contributed by atoms with van der Waals surface area (Å²) in [5, 5.41) is 20.0. The van der Waals surface area contributed by atoms with E-state index < -0.39 is 16.1 Å². The summed E-state index contributed by atoms with van der Waals surface area (Å²) in [6.45, 7) is 5.06. The van der Waals surface area contributed by atoms with Gasteiger partial charge < -0.3 is 24.8 Å². The Kier molecular flexibility index (Phi) is 8.99. The molecule has 0 aliphatic heterocycles. The standard InChI is InChI=1S/C31H34N6O6S/c1-31(2,34-20-27(38)21-7-6-8-24(16-21)36-44(41,42)26-9-4-3-5-10-26)12-14-37-13-11-22-15-23(18-32-29(22)37)30(40)33-19-25-17-28(39)35-43-25/h3-11,13,15-18,27,34,36,38H,12,14,19-20H2,1-2H3,(H,33,40)(H,35,39)/t27-/m0/s1. The van der Waals surface area contributed by atoms with E-state index in [9.17, 15) is 23.1 Å². The van der Waals surface area contributed by atoms with Gasteiger partial charge in [-0.1, -0.05) is 30.3 Å². The molecule has 3 aromatic heterocycles. The Morgan fingerprint density at radius 1 is 1.09 bits per heavy atom. The average Bonchev–Trinajstić information content (AvgIpc) is 3.63. The Hall–Kier alpha value is -4.72. The first-order valence-electron chi connectivity index (χ1n) is 14.0. The molecule has 0 saturated heterocycles. The number of sulfonamides is 1. The fourth-order valence-electron chi connectivity index (χ4n) is 4.66. The minimum Gasteiger partial charge on any atom is -0.387 e. The predicted octanol–water partition coefficient (Wildman–Crippen LogP) is 3.54. The highest BCUT2D eigenvalue weighted by atomic mass is 32.2. The van der Waals surface area contributed by atoms with Crippen LogP contribution in [-0.4, -0.2) is 46.2 Å². The monoisotopic (exact) mass is 618 g/mol. The molecule has 0 spiro atoms. The van der Waals surface area contributed by atoms with E-state index in [1.54, 1.807) is 48.5 Å². The maximum atomic E-state index is 12.7. The largest absolute Gasteiger partial charge is 0.387 e. The Bertz CT molecular complexity index is 1910. The van der Waals surface area contributed by atoms with Gasteiger partial charge >= 0.3 is 0 Å². The Labute approximate surface area is 254 Å². The van der Waals surface area contributed by atoms with Gasteiger partial charge in [0.15, 0.2) is 5.76 Å². The second-order valence-corrected chi connectivity index (χ2v) is 12.8. The van der Waals surface area contributed by atoms with Gasteiger partial charge in [-0.15, -0.1) is 0 Å². The number of fused-ring (bicyclic) bond motifs is 1. The zero-order valence-electron chi connectivity index (χ0n) is 24.3. The van der Waals surface area contributed by atoms with E-state index >= 15 is 0 Å². The molecule has 1 atom stereocenters. The summed E-state index contributed by atoms with van der Waals surface area (Å²) in [5.41, 5.74) is 1.36. The van der Waals surface area contributed by atoms with Crippen LogP contribution < -0.4 is 20.9 Å². The average molecular weight is 619 g/mol. The molecule has 5 N–H and O–H groups in total. The van der Waals surface area contributed by atoms with Crippen molar-refractivity contribution >= 4 is 32.7 Å². The van der Waals surface area contributed by atoms with Gasteiger partial charge in [0.25, 0.3) is 21.5 Å². The molecule has 44 heavy (non-hydrogen) atoms. The number of aliphatic hydroxyl groups is 1. The first kappa shape index (κ1) is 30.7. The van der Waals surface area contributed by atoms with E-state index in [1.807, 2.05) is 30.7 Å². The highest BCUT2D eigenvalue weighted by molar-refractivity contribution is 7.92. The number of aromatic amines is 1. The molecule has 13 heteroatoms. The summed E-state index contributed by atoms with van der Waals surface area (Å²) >= 11 is 0. The van der Waals surface area contributed by atoms with Crippen LogP contribution in [0.1, 0.15) is 48.1 Å². The van der Waals surface area contributed by atoms with Crippen molar-refractivity contribution < 1.29 is 22.8 Å². The normalized spacial score (nSPS) is 12.7. The number of β-amino-alcohol motifs (C(OH)–C–C–N with tert-alkyl or cyclic N) is 1. The van der Waals surface area contributed by atoms with Gasteiger partial charge in [-0.3, -0.25) is 14.3 Å². The fourth-order valence-corrected chi connectivity index (χ4v) is 5.73. The molecular weight excluding hydrogens is 584 g/mol. The number of aromatic nitrogens is 3. The smallest absolute Gasteiger partial charge is 0.280 e. The number of hydrogen-bond acceptors (Lipinski definition) is 8. The summed E-state index contributed by atoms with van der Waals surface area (Å²) in [6, 6.07) is 19.8. The molecular formula is C31H34N6O6S. The molecule has 1 amide bonds. The zero-order valence-corrected chi connectivity index (χ0v) is 25.1. The second kappa shape index (κ2) is 12.9. The van der Waals surface area contributed by atoms with E-state index in [0.29, 0.717) is 35.5 Å². The number of carbonyl (C=O) groups excluding carboxylic acids is 1. The Morgan fingerprint density at radius 2 is 1.89 bits per heavy atom. The summed E-state index contributed by atoms with van der Waals surface area (Å²) < 4.78 is 34.9. The number of benzene rings is 2. The van der Waals surface area contributed by atoms with Crippen molar-refractivity contribution in [2.24, 2.45) is 0 Å². The third kappa shape index (κ3) is 7.61. The molecule has 0 saturated carbocycles. The quantitative estimate of drug-likeness (QED) is 0.133. The lowest BCUT2D eigenvalue weighted by molar-refractivity contribution is 0.0947. The van der Waals surface area contributed by atoms with Crippen LogP contribution in [0.3, 0.4) is 0 Å². The predicted molar refractivity (Wildman–Crippen MR) is 166 cm³/mol. The highest BCUT2D eigenvalue weighted by Gasteiger charge is 2.21. The van der Waals surface area contributed by atoms with Gasteiger partial charge in [0.1, 0.15) is 5.65 Å². The van der Waals surface area contributed by atoms with Crippen molar-refractivity contribution in [2.75, 3.05) is 11.3 Å². The summed E-state index contributed by atoms with van der Waals surface area (Å²) in [4.78, 5) is 28.4. The maximum absolute atomic E-state index is 12.7. The van der Waals surface area contributed by atoms with Crippen molar-refractivity contribution in [2.45, 2.75) is 49.9 Å². The van der Waals surface area contributed by atoms with Crippen LogP contribution in [0.15, 0.2) is 99.4 Å². The molecule has 5 rings (SSSR count). The molecule has 5 aromatic rings. The summed E-state index contributed by atoms with van der Waals surface area (Å²) in [7, 11) is -3.74. The van der Waals surface area contributed by atoms with Gasteiger partial charge in [-0.25, -0.2) is 13.4 Å². The van der Waals surface area contributed by atoms with Crippen LogP contribution in [0.25, 0.3) is 11.0 Å². The molecule has 0 aliphatic rings. The number of H-pyrrole nitrogens is 1. The molecule has 230 valence electrons. The van der Waals surface area contributed by atoms with Crippen LogP contribution in [-0.2, 0) is 23.1 Å². The number of nitrogens with one attached hydrogen (secondary N) is 4. The lowest BCUT2D eigenvalue weighted by atomic mass is 9.99. The van der Waals surface area contributed by atoms with Gasteiger partial charge in [0, 0.05) is 48.2 Å². The minimum absolute atomic E-state index is 0.0753. The minimum atomic E-state index is -3.74. The van der Waals surface area contributed by atoms with E-state index in [1.165, 1.54) is 24.4 Å². The molecule has 0 radical (unpaired) electrons. The fraction of sp³-hybridized carbons (Fsp3) is 0.258. The maximum Gasteiger partial charge on any atom is 0.280 e. The third-order valence-corrected chi connectivity index (χ3v) is 8.59. The van der Waals surface area contributed by atoms with Crippen LogP contribution in [0.2, 0.25) is 0 Å². The van der Waals surface area contributed by atoms with Crippen molar-refractivity contribution in [3.8, 4) is 0 Å². The number of aryl methyl sites for hydroxylation is 1. The SMILES string of the molecule is CC(C)(CCn1ccc2cc(C(=O)NCc3cc(=O)[nH]o3)cnc21)NC[C@H](O)c1cccc(NS(=O)(=O)c2ccccc2)c1. The molecule has 0 fully saturated rings. The van der Waals surface area contributed by atoms with Gasteiger partial charge in [0.05, 0.1) is 23.1 Å². The topological polar surface area (TPSA) is 171 Å². The van der Waals surface area contributed by atoms with E-state index in [4.69, 9.17) is 4.52 Å². The van der Waals surface area contributed by atoms with Crippen LogP contribution >= 0.6 is 0 Å². The van der Waals surface area contributed by atoms with E-state index in [-0.39, 0.29) is 35.0 Å². The number of amides is 1. The van der Waals surface area contributed by atoms with Gasteiger partial charge in [-0.2, -0.15) is 5.16 Å². The molecule has 0 aliphatic carbocycles. The number of aliphatic hydroxyl groups excluding tert-OH is 1. The Morgan fingerprint density at radius 3 is 2.64 bits per heavy atom. The molecule has 0 bridgehead atoms. The van der Waals surface area contributed by atoms with Crippen molar-refractivity contribution in [1.29, 1.82) is 0 Å². The van der Waals surface area contributed by atoms with E-state index in [0.717, 1.165) is 11.0 Å². The second-order valence-electron chi connectivity index (χ2n) is 11.1. The molecule has 0 unspecified atom stereocenters. The highest BCUT2D eigenvalue weighted by Crippen LogP contribution is 2.22. The Balaban J connectivity index is 1.14. The number of rotatable bonds is 13. The first-order valence-corrected chi connectivity index (χ1v) is 15.5. The van der Waals surface area contributed by atoms with Crippen LogP contribution in [0.4, 0.5) is 5.69 Å². The molecule has 3 heterocycles. The third-order valence-electron chi connectivity index (χ3n) is 7.19. The molecule has 12 nitrogen and oxygen atoms in total. The molecule has 2 aromatic carbocycles. The summed E-state index contributed by atoms with van der Waals surface area (Å²) in [6.07, 6.45) is 3.28. The van der Waals surface area contributed by atoms with E-state index in [2.05, 4.69) is 25.5 Å². The lowest BCUT2D eigenvalue weighted by Gasteiger charge is -2.28. The number of pyridine rings is 1. The first-order chi connectivity index (χ1) is 21.0. The number of carbonyl (C=O) groups is 1. The number of nitrogens with zero attached hydrogens (tertiary/aromatic N) is 2. The van der Waals surface area contributed by atoms with Crippen molar-refractivity contribution in [1.82, 2.24) is 25.3 Å². The van der Waals surface area contributed by atoms with Crippen molar-refractivity contribution in [3.05, 3.63) is 112 Å². The van der Waals surface area contributed by atoms with Crippen LogP contribution in [0, 0.1) is 0 Å². The lowest BCUT2D eigenvalue weighted by Crippen LogP contribution is -2.42.